The van der Waals surface area contributed by atoms with Gasteiger partial charge in [0.15, 0.2) is 0 Å². The molecule has 0 aliphatic heterocycles. The molecule has 1 heterocycles. The molecule has 0 amide bonds. The van der Waals surface area contributed by atoms with Crippen LogP contribution in [0, 0.1) is 11.6 Å². The van der Waals surface area contributed by atoms with E-state index in [1.165, 1.54) is 30.3 Å². The lowest BCUT2D eigenvalue weighted by atomic mass is 10.1. The summed E-state index contributed by atoms with van der Waals surface area (Å²) in [5.41, 5.74) is 0.648. The first kappa shape index (κ1) is 17.5. The summed E-state index contributed by atoms with van der Waals surface area (Å²) < 4.78 is 33.1. The predicted molar refractivity (Wildman–Crippen MR) is 95.3 cm³/mol. The zero-order valence-corrected chi connectivity index (χ0v) is 14.0. The molecule has 2 aromatic carbocycles. The van der Waals surface area contributed by atoms with Gasteiger partial charge < -0.3 is 10.1 Å². The minimum atomic E-state index is -0.601. The number of benzene rings is 2. The van der Waals surface area contributed by atoms with Crippen molar-refractivity contribution in [2.45, 2.75) is 6.92 Å². The molecule has 26 heavy (non-hydrogen) atoms. The molecule has 0 saturated carbocycles. The highest BCUT2D eigenvalue weighted by Gasteiger charge is 2.19. The number of rotatable bonds is 5. The molecule has 0 bridgehead atoms. The van der Waals surface area contributed by atoms with E-state index < -0.39 is 17.6 Å². The summed E-state index contributed by atoms with van der Waals surface area (Å²) in [6, 6.07) is 15.1. The Balaban J connectivity index is 2.07. The third-order valence-corrected chi connectivity index (χ3v) is 3.66. The first-order valence-corrected chi connectivity index (χ1v) is 8.04. The number of carbonyl (C=O) groups is 1. The van der Waals surface area contributed by atoms with E-state index in [9.17, 15) is 13.6 Å². The van der Waals surface area contributed by atoms with E-state index in [1.807, 2.05) is 0 Å². The highest BCUT2D eigenvalue weighted by molar-refractivity contribution is 5.96. The molecule has 0 aliphatic rings. The van der Waals surface area contributed by atoms with Crippen molar-refractivity contribution < 1.29 is 18.3 Å². The Bertz CT molecular complexity index is 945. The zero-order valence-electron chi connectivity index (χ0n) is 14.0. The number of hydrogen-bond donors (Lipinski definition) is 1. The Morgan fingerprint density at radius 1 is 1.00 bits per heavy atom. The fourth-order valence-electron chi connectivity index (χ4n) is 2.46. The summed E-state index contributed by atoms with van der Waals surface area (Å²) in [6.07, 6.45) is 0. The molecule has 3 rings (SSSR count). The van der Waals surface area contributed by atoms with Crippen LogP contribution in [0.3, 0.4) is 0 Å². The molecule has 0 radical (unpaired) electrons. The smallest absolute Gasteiger partial charge is 0.340 e. The minimum Gasteiger partial charge on any atom is -0.462 e. The molecule has 0 aliphatic carbocycles. The topological polar surface area (TPSA) is 51.2 Å². The number of hydrogen-bond acceptors (Lipinski definition) is 4. The molecule has 0 saturated heterocycles. The summed E-state index contributed by atoms with van der Waals surface area (Å²) in [4.78, 5) is 16.5. The first-order valence-electron chi connectivity index (χ1n) is 8.04. The average Bonchev–Trinajstić information content (AvgIpc) is 2.64. The lowest BCUT2D eigenvalue weighted by Gasteiger charge is -2.12. The second-order valence-electron chi connectivity index (χ2n) is 5.40. The van der Waals surface area contributed by atoms with Crippen LogP contribution in [-0.4, -0.2) is 17.6 Å². The van der Waals surface area contributed by atoms with Gasteiger partial charge in [0.25, 0.3) is 0 Å². The van der Waals surface area contributed by atoms with Crippen molar-refractivity contribution in [3.8, 4) is 11.3 Å². The molecule has 6 heteroatoms. The van der Waals surface area contributed by atoms with E-state index in [4.69, 9.17) is 4.74 Å². The number of nitrogens with zero attached hydrogens (tertiary/aromatic N) is 1. The van der Waals surface area contributed by atoms with Gasteiger partial charge in [-0.25, -0.2) is 18.6 Å². The van der Waals surface area contributed by atoms with Crippen molar-refractivity contribution in [3.05, 3.63) is 77.9 Å². The molecule has 0 fully saturated rings. The number of para-hydroxylation sites is 1. The highest BCUT2D eigenvalue weighted by Crippen LogP contribution is 2.28. The van der Waals surface area contributed by atoms with Crippen LogP contribution < -0.4 is 5.32 Å². The zero-order chi connectivity index (χ0) is 18.5. The van der Waals surface area contributed by atoms with Gasteiger partial charge in [-0.05, 0) is 43.3 Å². The van der Waals surface area contributed by atoms with E-state index in [0.717, 1.165) is 0 Å². The molecular formula is C20H16F2N2O2. The Kier molecular flexibility index (Phi) is 5.22. The number of nitrogens with one attached hydrogen (secondary N) is 1. The first-order chi connectivity index (χ1) is 12.6. The summed E-state index contributed by atoms with van der Waals surface area (Å²) in [5.74, 6) is -1.29. The van der Waals surface area contributed by atoms with E-state index in [-0.39, 0.29) is 34.9 Å². The van der Waals surface area contributed by atoms with Gasteiger partial charge in [0.05, 0.1) is 23.6 Å². The van der Waals surface area contributed by atoms with Gasteiger partial charge in [-0.3, -0.25) is 0 Å². The highest BCUT2D eigenvalue weighted by atomic mass is 19.1. The normalized spacial score (nSPS) is 10.4. The van der Waals surface area contributed by atoms with Gasteiger partial charge in [-0.15, -0.1) is 0 Å². The van der Waals surface area contributed by atoms with Crippen LogP contribution in [0.4, 0.5) is 20.3 Å². The Hall–Kier alpha value is -3.28. The van der Waals surface area contributed by atoms with Crippen LogP contribution in [0.15, 0.2) is 60.7 Å². The van der Waals surface area contributed by atoms with Gasteiger partial charge in [0.1, 0.15) is 17.5 Å². The summed E-state index contributed by atoms with van der Waals surface area (Å²) in [7, 11) is 0. The lowest BCUT2D eigenvalue weighted by molar-refractivity contribution is 0.0527. The third kappa shape index (κ3) is 3.69. The molecule has 132 valence electrons. The van der Waals surface area contributed by atoms with E-state index in [2.05, 4.69) is 10.3 Å². The van der Waals surface area contributed by atoms with Gasteiger partial charge in [-0.2, -0.15) is 0 Å². The number of aromatic nitrogens is 1. The van der Waals surface area contributed by atoms with Crippen LogP contribution >= 0.6 is 0 Å². The van der Waals surface area contributed by atoms with Crippen LogP contribution in [0.2, 0.25) is 0 Å². The molecule has 1 aromatic heterocycles. The van der Waals surface area contributed by atoms with Crippen LogP contribution in [0.1, 0.15) is 17.3 Å². The van der Waals surface area contributed by atoms with Crippen LogP contribution in [-0.2, 0) is 4.74 Å². The van der Waals surface area contributed by atoms with Crippen molar-refractivity contribution >= 4 is 17.5 Å². The van der Waals surface area contributed by atoms with E-state index in [1.54, 1.807) is 37.3 Å². The second kappa shape index (κ2) is 7.74. The number of anilines is 2. The van der Waals surface area contributed by atoms with Gasteiger partial charge in [0, 0.05) is 5.56 Å². The maximum Gasteiger partial charge on any atom is 0.340 e. The van der Waals surface area contributed by atoms with Crippen molar-refractivity contribution in [2.75, 3.05) is 11.9 Å². The van der Waals surface area contributed by atoms with Gasteiger partial charge >= 0.3 is 5.97 Å². The monoisotopic (exact) mass is 354 g/mol. The second-order valence-corrected chi connectivity index (χ2v) is 5.40. The van der Waals surface area contributed by atoms with Crippen LogP contribution in [0.25, 0.3) is 11.3 Å². The largest absolute Gasteiger partial charge is 0.462 e. The minimum absolute atomic E-state index is 0.128. The van der Waals surface area contributed by atoms with Crippen molar-refractivity contribution in [3.63, 3.8) is 0 Å². The summed E-state index contributed by atoms with van der Waals surface area (Å²) in [6.45, 7) is 1.87. The molecule has 3 aromatic rings. The summed E-state index contributed by atoms with van der Waals surface area (Å²) >= 11 is 0. The SMILES string of the molecule is CCOC(=O)c1ccc(Nc2ccccc2F)nc1-c1ccccc1F. The van der Waals surface area contributed by atoms with Gasteiger partial charge in [-0.1, -0.05) is 24.3 Å². The van der Waals surface area contributed by atoms with Gasteiger partial charge in [0.2, 0.25) is 0 Å². The fourth-order valence-corrected chi connectivity index (χ4v) is 2.46. The Morgan fingerprint density at radius 2 is 1.69 bits per heavy atom. The molecule has 1 N–H and O–H groups in total. The van der Waals surface area contributed by atoms with Crippen molar-refractivity contribution in [2.24, 2.45) is 0 Å². The maximum atomic E-state index is 14.3. The Labute approximate surface area is 149 Å². The number of halogens is 2. The Morgan fingerprint density at radius 3 is 2.38 bits per heavy atom. The van der Waals surface area contributed by atoms with Crippen molar-refractivity contribution in [1.29, 1.82) is 0 Å². The molecule has 0 spiro atoms. The van der Waals surface area contributed by atoms with Crippen molar-refractivity contribution in [1.82, 2.24) is 4.98 Å². The fraction of sp³-hybridized carbons (Fsp3) is 0.100. The maximum absolute atomic E-state index is 14.3. The number of ether oxygens (including phenoxy) is 1. The standard InChI is InChI=1S/C20H16F2N2O2/c1-2-26-20(25)14-11-12-18(23-17-10-6-5-9-16(17)22)24-19(14)13-7-3-4-8-15(13)21/h3-12H,2H2,1H3,(H,23,24). The molecular weight excluding hydrogens is 338 g/mol. The van der Waals surface area contributed by atoms with Crippen LogP contribution in [0.5, 0.6) is 0 Å². The summed E-state index contributed by atoms with van der Waals surface area (Å²) in [5, 5.41) is 2.84. The lowest BCUT2D eigenvalue weighted by Crippen LogP contribution is -2.09. The van der Waals surface area contributed by atoms with E-state index in [0.29, 0.717) is 0 Å². The van der Waals surface area contributed by atoms with E-state index >= 15 is 0 Å². The third-order valence-electron chi connectivity index (χ3n) is 3.66. The number of pyridine rings is 1. The molecule has 4 nitrogen and oxygen atoms in total. The number of carbonyl (C=O) groups excluding carboxylic acids is 1. The molecule has 0 atom stereocenters. The predicted octanol–water partition coefficient (Wildman–Crippen LogP) is 4.95. The molecule has 0 unspecified atom stereocenters. The quantitative estimate of drug-likeness (QED) is 0.659. The average molecular weight is 354 g/mol. The number of esters is 1.